The Labute approximate surface area is 133 Å². The quantitative estimate of drug-likeness (QED) is 0.843. The molecule has 4 heteroatoms. The van der Waals surface area contributed by atoms with Crippen LogP contribution in [-0.2, 0) is 11.3 Å². The van der Waals surface area contributed by atoms with E-state index in [4.69, 9.17) is 0 Å². The zero-order valence-electron chi connectivity index (χ0n) is 13.3. The lowest BCUT2D eigenvalue weighted by Crippen LogP contribution is -2.41. The van der Waals surface area contributed by atoms with Gasteiger partial charge in [0.2, 0.25) is 5.91 Å². The van der Waals surface area contributed by atoms with Gasteiger partial charge < -0.3 is 10.6 Å². The Hall–Kier alpha value is -1.39. The molecule has 2 aliphatic heterocycles. The number of hydrogen-bond acceptors (Lipinski definition) is 3. The Morgan fingerprint density at radius 1 is 1.23 bits per heavy atom. The van der Waals surface area contributed by atoms with Crippen molar-refractivity contribution < 1.29 is 4.79 Å². The summed E-state index contributed by atoms with van der Waals surface area (Å²) in [5, 5.41) is 6.53. The fourth-order valence-corrected chi connectivity index (χ4v) is 3.61. The number of hydrogen-bond donors (Lipinski definition) is 2. The number of rotatable bonds is 6. The summed E-state index contributed by atoms with van der Waals surface area (Å²) in [6.45, 7) is 3.98. The number of nitrogens with zero attached hydrogens (tertiary/aromatic N) is 1. The molecule has 0 bridgehead atoms. The predicted octanol–water partition coefficient (Wildman–Crippen LogP) is 1.91. The number of carbonyl (C=O) groups excluding carboxylic acids is 1. The van der Waals surface area contributed by atoms with Gasteiger partial charge in [-0.2, -0.15) is 0 Å². The van der Waals surface area contributed by atoms with Gasteiger partial charge in [0.25, 0.3) is 0 Å². The number of benzene rings is 1. The van der Waals surface area contributed by atoms with Crippen LogP contribution in [0.1, 0.15) is 37.7 Å². The fraction of sp³-hybridized carbons (Fsp3) is 0.611. The molecule has 0 aliphatic carbocycles. The van der Waals surface area contributed by atoms with E-state index in [9.17, 15) is 4.79 Å². The zero-order chi connectivity index (χ0) is 15.2. The summed E-state index contributed by atoms with van der Waals surface area (Å²) in [5.74, 6) is 0.200. The summed E-state index contributed by atoms with van der Waals surface area (Å²) in [6.07, 6.45) is 5.39. The Kier molecular flexibility index (Phi) is 5.46. The van der Waals surface area contributed by atoms with Gasteiger partial charge in [0.15, 0.2) is 0 Å². The van der Waals surface area contributed by atoms with Crippen LogP contribution in [0.2, 0.25) is 0 Å². The second-order valence-electron chi connectivity index (χ2n) is 6.55. The smallest absolute Gasteiger partial charge is 0.221 e. The highest BCUT2D eigenvalue weighted by Crippen LogP contribution is 2.19. The zero-order valence-corrected chi connectivity index (χ0v) is 13.3. The van der Waals surface area contributed by atoms with Crippen molar-refractivity contribution in [2.45, 2.75) is 50.7 Å². The lowest BCUT2D eigenvalue weighted by molar-refractivity contribution is -0.121. The van der Waals surface area contributed by atoms with Crippen molar-refractivity contribution in [3.63, 3.8) is 0 Å². The van der Waals surface area contributed by atoms with E-state index in [0.29, 0.717) is 18.5 Å². The number of likely N-dealkylation sites (tertiary alicyclic amines) is 1. The molecule has 1 aromatic carbocycles. The van der Waals surface area contributed by atoms with Gasteiger partial charge in [-0.1, -0.05) is 30.3 Å². The first-order chi connectivity index (χ1) is 10.8. The molecule has 1 aromatic rings. The minimum atomic E-state index is 0.200. The molecular formula is C18H27N3O. The molecule has 2 N–H and O–H groups in total. The van der Waals surface area contributed by atoms with Crippen molar-refractivity contribution in [2.24, 2.45) is 0 Å². The summed E-state index contributed by atoms with van der Waals surface area (Å²) >= 11 is 0. The minimum absolute atomic E-state index is 0.200. The summed E-state index contributed by atoms with van der Waals surface area (Å²) in [5.41, 5.74) is 1.36. The van der Waals surface area contributed by atoms with Gasteiger partial charge >= 0.3 is 0 Å². The highest BCUT2D eigenvalue weighted by atomic mass is 16.1. The van der Waals surface area contributed by atoms with Gasteiger partial charge in [-0.3, -0.25) is 9.69 Å². The highest BCUT2D eigenvalue weighted by molar-refractivity contribution is 5.76. The molecule has 3 rings (SSSR count). The van der Waals surface area contributed by atoms with Crippen LogP contribution >= 0.6 is 0 Å². The summed E-state index contributed by atoms with van der Waals surface area (Å²) < 4.78 is 0. The van der Waals surface area contributed by atoms with E-state index in [2.05, 4.69) is 45.9 Å². The minimum Gasteiger partial charge on any atom is -0.354 e. The van der Waals surface area contributed by atoms with Crippen LogP contribution in [0.25, 0.3) is 0 Å². The molecule has 2 unspecified atom stereocenters. The number of nitrogens with one attached hydrogen (secondary N) is 2. The van der Waals surface area contributed by atoms with Gasteiger partial charge in [-0.05, 0) is 44.3 Å². The SMILES string of the molecule is O=C(CC1CCCN1)NCC1CCCN1Cc1ccccc1. The number of amides is 1. The molecule has 22 heavy (non-hydrogen) atoms. The molecule has 2 fully saturated rings. The maximum absolute atomic E-state index is 12.1. The van der Waals surface area contributed by atoms with E-state index in [1.807, 2.05) is 0 Å². The van der Waals surface area contributed by atoms with E-state index in [-0.39, 0.29) is 5.91 Å². The van der Waals surface area contributed by atoms with Crippen molar-refractivity contribution >= 4 is 5.91 Å². The molecule has 2 aliphatic rings. The lowest BCUT2D eigenvalue weighted by Gasteiger charge is -2.25. The monoisotopic (exact) mass is 301 g/mol. The van der Waals surface area contributed by atoms with Crippen LogP contribution in [0, 0.1) is 0 Å². The molecule has 120 valence electrons. The molecular weight excluding hydrogens is 274 g/mol. The van der Waals surface area contributed by atoms with Crippen LogP contribution in [0.15, 0.2) is 30.3 Å². The third kappa shape index (κ3) is 4.31. The number of carbonyl (C=O) groups is 1. The first-order valence-corrected chi connectivity index (χ1v) is 8.59. The van der Waals surface area contributed by atoms with Crippen molar-refractivity contribution in [1.29, 1.82) is 0 Å². The Morgan fingerprint density at radius 2 is 2.09 bits per heavy atom. The Morgan fingerprint density at radius 3 is 2.86 bits per heavy atom. The normalized spacial score (nSPS) is 25.5. The molecule has 2 atom stereocenters. The Bertz CT molecular complexity index is 470. The largest absolute Gasteiger partial charge is 0.354 e. The van der Waals surface area contributed by atoms with E-state index in [1.165, 1.54) is 24.8 Å². The van der Waals surface area contributed by atoms with Gasteiger partial charge in [0.1, 0.15) is 0 Å². The van der Waals surface area contributed by atoms with Crippen LogP contribution < -0.4 is 10.6 Å². The Balaban J connectivity index is 1.43. The molecule has 2 saturated heterocycles. The van der Waals surface area contributed by atoms with Crippen LogP contribution in [0.4, 0.5) is 0 Å². The van der Waals surface area contributed by atoms with Gasteiger partial charge in [0, 0.05) is 31.6 Å². The second-order valence-corrected chi connectivity index (χ2v) is 6.55. The maximum Gasteiger partial charge on any atom is 0.221 e. The lowest BCUT2D eigenvalue weighted by atomic mass is 10.1. The molecule has 0 spiro atoms. The van der Waals surface area contributed by atoms with E-state index in [0.717, 1.165) is 32.6 Å². The summed E-state index contributed by atoms with van der Waals surface area (Å²) in [4.78, 5) is 14.6. The van der Waals surface area contributed by atoms with Crippen molar-refractivity contribution in [3.05, 3.63) is 35.9 Å². The van der Waals surface area contributed by atoms with E-state index < -0.39 is 0 Å². The standard InChI is InChI=1S/C18H27N3O/c22-18(12-16-8-4-10-19-16)20-13-17-9-5-11-21(17)14-15-6-2-1-3-7-15/h1-3,6-7,16-17,19H,4-5,8-14H2,(H,20,22). The molecule has 0 radical (unpaired) electrons. The first kappa shape index (κ1) is 15.5. The molecule has 2 heterocycles. The first-order valence-electron chi connectivity index (χ1n) is 8.59. The third-order valence-electron chi connectivity index (χ3n) is 4.86. The van der Waals surface area contributed by atoms with Gasteiger partial charge in [0.05, 0.1) is 0 Å². The van der Waals surface area contributed by atoms with E-state index in [1.54, 1.807) is 0 Å². The summed E-state index contributed by atoms with van der Waals surface area (Å²) in [6, 6.07) is 11.5. The van der Waals surface area contributed by atoms with Gasteiger partial charge in [-0.15, -0.1) is 0 Å². The maximum atomic E-state index is 12.1. The van der Waals surface area contributed by atoms with Gasteiger partial charge in [-0.25, -0.2) is 0 Å². The average molecular weight is 301 g/mol. The third-order valence-corrected chi connectivity index (χ3v) is 4.86. The molecule has 4 nitrogen and oxygen atoms in total. The van der Waals surface area contributed by atoms with Crippen LogP contribution in [-0.4, -0.2) is 42.5 Å². The van der Waals surface area contributed by atoms with Crippen molar-refractivity contribution in [1.82, 2.24) is 15.5 Å². The molecule has 0 saturated carbocycles. The summed E-state index contributed by atoms with van der Waals surface area (Å²) in [7, 11) is 0. The molecule has 1 amide bonds. The van der Waals surface area contributed by atoms with Crippen molar-refractivity contribution in [3.8, 4) is 0 Å². The van der Waals surface area contributed by atoms with Crippen LogP contribution in [0.3, 0.4) is 0 Å². The van der Waals surface area contributed by atoms with E-state index >= 15 is 0 Å². The fourth-order valence-electron chi connectivity index (χ4n) is 3.61. The van der Waals surface area contributed by atoms with Crippen LogP contribution in [0.5, 0.6) is 0 Å². The predicted molar refractivity (Wildman–Crippen MR) is 88.5 cm³/mol. The average Bonchev–Trinajstić information content (AvgIpc) is 3.18. The molecule has 0 aromatic heterocycles. The highest BCUT2D eigenvalue weighted by Gasteiger charge is 2.25. The second kappa shape index (κ2) is 7.75. The topological polar surface area (TPSA) is 44.4 Å². The van der Waals surface area contributed by atoms with Crippen molar-refractivity contribution in [2.75, 3.05) is 19.6 Å².